The highest BCUT2D eigenvalue weighted by Gasteiger charge is 2.24. The van der Waals surface area contributed by atoms with Crippen LogP contribution in [0.15, 0.2) is 24.3 Å². The largest absolute Gasteiger partial charge is 0.337 e. The third-order valence-corrected chi connectivity index (χ3v) is 3.36. The van der Waals surface area contributed by atoms with Crippen LogP contribution in [0.4, 0.5) is 13.2 Å². The van der Waals surface area contributed by atoms with Crippen molar-refractivity contribution >= 4 is 5.91 Å². The topological polar surface area (TPSA) is 32.3 Å². The van der Waals surface area contributed by atoms with Crippen LogP contribution in [0, 0.1) is 5.82 Å². The van der Waals surface area contributed by atoms with Gasteiger partial charge in [-0.05, 0) is 37.1 Å². The molecule has 0 bridgehead atoms. The van der Waals surface area contributed by atoms with Gasteiger partial charge in [0.25, 0.3) is 12.3 Å². The van der Waals surface area contributed by atoms with E-state index in [-0.39, 0.29) is 18.5 Å². The molecule has 0 spiro atoms. The van der Waals surface area contributed by atoms with Crippen LogP contribution in [-0.2, 0) is 0 Å². The van der Waals surface area contributed by atoms with E-state index < -0.39 is 12.2 Å². The van der Waals surface area contributed by atoms with Crippen LogP contribution in [0.3, 0.4) is 0 Å². The summed E-state index contributed by atoms with van der Waals surface area (Å²) in [4.78, 5) is 13.8. The molecule has 110 valence electrons. The number of rotatable bonds is 4. The number of halogens is 3. The van der Waals surface area contributed by atoms with Crippen LogP contribution in [0.2, 0.25) is 0 Å². The first-order valence-corrected chi connectivity index (χ1v) is 6.62. The molecule has 1 saturated heterocycles. The van der Waals surface area contributed by atoms with Gasteiger partial charge in [-0.25, -0.2) is 13.2 Å². The predicted octanol–water partition coefficient (Wildman–Crippen LogP) is 2.29. The Morgan fingerprint density at radius 1 is 1.35 bits per heavy atom. The quantitative estimate of drug-likeness (QED) is 0.921. The Morgan fingerprint density at radius 2 is 2.05 bits per heavy atom. The summed E-state index contributed by atoms with van der Waals surface area (Å²) in [6.07, 6.45) is -0.841. The summed E-state index contributed by atoms with van der Waals surface area (Å²) in [5, 5.41) is 2.76. The third kappa shape index (κ3) is 3.96. The SMILES string of the molecule is O=C(c1ccc(F)cc1)N1CCCC(NCC(F)F)C1. The molecule has 0 radical (unpaired) electrons. The first kappa shape index (κ1) is 14.8. The highest BCUT2D eigenvalue weighted by molar-refractivity contribution is 5.94. The number of nitrogens with one attached hydrogen (secondary N) is 1. The van der Waals surface area contributed by atoms with Gasteiger partial charge in [-0.3, -0.25) is 4.79 Å². The van der Waals surface area contributed by atoms with Crippen LogP contribution in [0.25, 0.3) is 0 Å². The van der Waals surface area contributed by atoms with Gasteiger partial charge in [-0.1, -0.05) is 0 Å². The number of amides is 1. The van der Waals surface area contributed by atoms with Gasteiger partial charge in [0.2, 0.25) is 0 Å². The molecule has 1 aliphatic heterocycles. The number of carbonyl (C=O) groups excluding carboxylic acids is 1. The van der Waals surface area contributed by atoms with Gasteiger partial charge in [-0.15, -0.1) is 0 Å². The molecule has 0 aromatic heterocycles. The van der Waals surface area contributed by atoms with E-state index in [1.807, 2.05) is 0 Å². The molecule has 1 N–H and O–H groups in total. The molecule has 1 aliphatic rings. The third-order valence-electron chi connectivity index (χ3n) is 3.36. The fraction of sp³-hybridized carbons (Fsp3) is 0.500. The van der Waals surface area contributed by atoms with Crippen molar-refractivity contribution in [3.05, 3.63) is 35.6 Å². The second-order valence-electron chi connectivity index (χ2n) is 4.90. The normalized spacial score (nSPS) is 19.4. The van der Waals surface area contributed by atoms with E-state index >= 15 is 0 Å². The van der Waals surface area contributed by atoms with Gasteiger partial charge < -0.3 is 10.2 Å². The fourth-order valence-corrected chi connectivity index (χ4v) is 2.36. The smallest absolute Gasteiger partial charge is 0.253 e. The highest BCUT2D eigenvalue weighted by atomic mass is 19.3. The molecule has 1 fully saturated rings. The number of hydrogen-bond acceptors (Lipinski definition) is 2. The molecule has 3 nitrogen and oxygen atoms in total. The van der Waals surface area contributed by atoms with Crippen molar-refractivity contribution in [2.75, 3.05) is 19.6 Å². The first-order valence-electron chi connectivity index (χ1n) is 6.62. The number of carbonyl (C=O) groups is 1. The Bertz CT molecular complexity index is 450. The average molecular weight is 286 g/mol. The van der Waals surface area contributed by atoms with Crippen molar-refractivity contribution in [3.8, 4) is 0 Å². The average Bonchev–Trinajstić information content (AvgIpc) is 2.45. The van der Waals surface area contributed by atoms with E-state index in [9.17, 15) is 18.0 Å². The van der Waals surface area contributed by atoms with Crippen molar-refractivity contribution in [3.63, 3.8) is 0 Å². The molecule has 1 aromatic carbocycles. The minimum atomic E-state index is -2.39. The number of piperidine rings is 1. The summed E-state index contributed by atoms with van der Waals surface area (Å²) in [7, 11) is 0. The molecule has 20 heavy (non-hydrogen) atoms. The zero-order chi connectivity index (χ0) is 14.5. The number of nitrogens with zero attached hydrogens (tertiary/aromatic N) is 1. The van der Waals surface area contributed by atoms with Gasteiger partial charge in [0.05, 0.1) is 6.54 Å². The van der Waals surface area contributed by atoms with Crippen molar-refractivity contribution in [2.45, 2.75) is 25.3 Å². The number of benzene rings is 1. The molecular weight excluding hydrogens is 269 g/mol. The lowest BCUT2D eigenvalue weighted by molar-refractivity contribution is 0.0681. The van der Waals surface area contributed by atoms with Crippen molar-refractivity contribution in [1.29, 1.82) is 0 Å². The Morgan fingerprint density at radius 3 is 2.70 bits per heavy atom. The fourth-order valence-electron chi connectivity index (χ4n) is 2.36. The lowest BCUT2D eigenvalue weighted by Crippen LogP contribution is -2.48. The summed E-state index contributed by atoms with van der Waals surface area (Å²) >= 11 is 0. The standard InChI is InChI=1S/C14H17F3N2O/c15-11-5-3-10(4-6-11)14(20)19-7-1-2-12(9-19)18-8-13(16)17/h3-6,12-13,18H,1-2,7-9H2. The molecule has 1 unspecified atom stereocenters. The molecule has 1 amide bonds. The first-order chi connectivity index (χ1) is 9.56. The van der Waals surface area contributed by atoms with Gasteiger partial charge in [-0.2, -0.15) is 0 Å². The van der Waals surface area contributed by atoms with E-state index in [4.69, 9.17) is 0 Å². The van der Waals surface area contributed by atoms with Crippen LogP contribution in [0.1, 0.15) is 23.2 Å². The van der Waals surface area contributed by atoms with E-state index in [0.717, 1.165) is 12.8 Å². The minimum Gasteiger partial charge on any atom is -0.337 e. The second kappa shape index (κ2) is 6.74. The van der Waals surface area contributed by atoms with Crippen molar-refractivity contribution in [2.24, 2.45) is 0 Å². The minimum absolute atomic E-state index is 0.109. The van der Waals surface area contributed by atoms with Crippen LogP contribution >= 0.6 is 0 Å². The molecule has 2 rings (SSSR count). The van der Waals surface area contributed by atoms with Gasteiger partial charge in [0.1, 0.15) is 5.82 Å². The molecular formula is C14H17F3N2O. The maximum atomic E-state index is 12.8. The summed E-state index contributed by atoms with van der Waals surface area (Å²) in [6.45, 7) is 0.648. The Balaban J connectivity index is 1.94. The molecule has 1 aromatic rings. The van der Waals surface area contributed by atoms with Crippen LogP contribution < -0.4 is 5.32 Å². The number of alkyl halides is 2. The molecule has 0 saturated carbocycles. The maximum absolute atomic E-state index is 12.8. The van der Waals surface area contributed by atoms with E-state index in [0.29, 0.717) is 18.7 Å². The summed E-state index contributed by atoms with van der Waals surface area (Å²) < 4.78 is 37.2. The van der Waals surface area contributed by atoms with Gasteiger partial charge >= 0.3 is 0 Å². The molecule has 0 aliphatic carbocycles. The molecule has 6 heteroatoms. The maximum Gasteiger partial charge on any atom is 0.253 e. The lowest BCUT2D eigenvalue weighted by Gasteiger charge is -2.33. The monoisotopic (exact) mass is 286 g/mol. The predicted molar refractivity (Wildman–Crippen MR) is 69.3 cm³/mol. The van der Waals surface area contributed by atoms with Crippen LogP contribution in [-0.4, -0.2) is 42.9 Å². The van der Waals surface area contributed by atoms with Gasteiger partial charge in [0, 0.05) is 24.7 Å². The van der Waals surface area contributed by atoms with E-state index in [1.54, 1.807) is 4.90 Å². The Kier molecular flexibility index (Phi) is 5.00. The summed E-state index contributed by atoms with van der Waals surface area (Å²) in [5.41, 5.74) is 0.418. The molecule has 1 atom stereocenters. The van der Waals surface area contributed by atoms with Crippen molar-refractivity contribution < 1.29 is 18.0 Å². The zero-order valence-corrected chi connectivity index (χ0v) is 11.0. The van der Waals surface area contributed by atoms with Crippen molar-refractivity contribution in [1.82, 2.24) is 10.2 Å². The number of likely N-dealkylation sites (tertiary alicyclic amines) is 1. The van der Waals surface area contributed by atoms with Crippen LogP contribution in [0.5, 0.6) is 0 Å². The number of hydrogen-bond donors (Lipinski definition) is 1. The van der Waals surface area contributed by atoms with E-state index in [1.165, 1.54) is 24.3 Å². The molecule has 1 heterocycles. The van der Waals surface area contributed by atoms with Gasteiger partial charge in [0.15, 0.2) is 0 Å². The Hall–Kier alpha value is -1.56. The Labute approximate surface area is 115 Å². The second-order valence-corrected chi connectivity index (χ2v) is 4.90. The highest BCUT2D eigenvalue weighted by Crippen LogP contribution is 2.14. The summed E-state index contributed by atoms with van der Waals surface area (Å²) in [6, 6.07) is 5.25. The van der Waals surface area contributed by atoms with E-state index in [2.05, 4.69) is 5.32 Å². The lowest BCUT2D eigenvalue weighted by atomic mass is 10.0. The summed E-state index contributed by atoms with van der Waals surface area (Å²) in [5.74, 6) is -0.579. The zero-order valence-electron chi connectivity index (χ0n) is 11.0.